The Morgan fingerprint density at radius 1 is 1.30 bits per heavy atom. The zero-order valence-corrected chi connectivity index (χ0v) is 13.2. The van der Waals surface area contributed by atoms with Gasteiger partial charge in [0.15, 0.2) is 0 Å². The molecule has 1 aromatic carbocycles. The first-order chi connectivity index (χ1) is 11.1. The maximum atomic E-state index is 12.3. The third kappa shape index (κ3) is 3.11. The van der Waals surface area contributed by atoms with Gasteiger partial charge in [-0.1, -0.05) is 36.8 Å². The molecule has 6 nitrogen and oxygen atoms in total. The van der Waals surface area contributed by atoms with Gasteiger partial charge < -0.3 is 9.84 Å². The van der Waals surface area contributed by atoms with Gasteiger partial charge in [0.2, 0.25) is 0 Å². The minimum absolute atomic E-state index is 0.192. The standard InChI is InChI=1S/C17H22N2O4/c1-18(17(22)23-11-12-6-3-2-4-7-12)15-14-9-5-8-13(14)10-19(15)16(20)21/h2-4,6-7,13-15H,5,8-11H2,1H3,(H,20,21). The normalized spacial score (nSPS) is 26.0. The lowest BCUT2D eigenvalue weighted by Crippen LogP contribution is -2.50. The molecule has 1 aromatic rings. The average molecular weight is 318 g/mol. The van der Waals surface area contributed by atoms with E-state index in [1.807, 2.05) is 30.3 Å². The van der Waals surface area contributed by atoms with E-state index < -0.39 is 18.4 Å². The molecule has 1 aliphatic carbocycles. The van der Waals surface area contributed by atoms with E-state index in [1.165, 1.54) is 9.80 Å². The SMILES string of the molecule is CN(C(=O)OCc1ccccc1)C1C2CCCC2CN1C(=O)O. The van der Waals surface area contributed by atoms with Crippen LogP contribution in [0.2, 0.25) is 0 Å². The highest BCUT2D eigenvalue weighted by molar-refractivity contribution is 5.70. The van der Waals surface area contributed by atoms with Gasteiger partial charge in [-0.15, -0.1) is 0 Å². The lowest BCUT2D eigenvalue weighted by Gasteiger charge is -2.33. The van der Waals surface area contributed by atoms with Crippen LogP contribution in [0.4, 0.5) is 9.59 Å². The summed E-state index contributed by atoms with van der Waals surface area (Å²) in [7, 11) is 1.63. The Morgan fingerprint density at radius 3 is 2.74 bits per heavy atom. The van der Waals surface area contributed by atoms with Crippen molar-refractivity contribution in [3.8, 4) is 0 Å². The lowest BCUT2D eigenvalue weighted by atomic mass is 9.98. The number of benzene rings is 1. The van der Waals surface area contributed by atoms with Crippen molar-refractivity contribution in [2.75, 3.05) is 13.6 Å². The molecule has 2 amide bonds. The van der Waals surface area contributed by atoms with Gasteiger partial charge in [-0.2, -0.15) is 0 Å². The Bertz CT molecular complexity index is 577. The number of ether oxygens (including phenoxy) is 1. The highest BCUT2D eigenvalue weighted by atomic mass is 16.6. The highest BCUT2D eigenvalue weighted by Gasteiger charge is 2.49. The summed E-state index contributed by atoms with van der Waals surface area (Å²) < 4.78 is 5.35. The molecule has 0 aromatic heterocycles. The number of carbonyl (C=O) groups is 2. The van der Waals surface area contributed by atoms with Gasteiger partial charge in [-0.25, -0.2) is 9.59 Å². The van der Waals surface area contributed by atoms with Crippen molar-refractivity contribution >= 4 is 12.2 Å². The highest BCUT2D eigenvalue weighted by Crippen LogP contribution is 2.43. The van der Waals surface area contributed by atoms with Crippen molar-refractivity contribution in [1.29, 1.82) is 0 Å². The summed E-state index contributed by atoms with van der Waals surface area (Å²) in [4.78, 5) is 26.7. The van der Waals surface area contributed by atoms with Crippen LogP contribution in [0.15, 0.2) is 30.3 Å². The first-order valence-corrected chi connectivity index (χ1v) is 8.01. The predicted molar refractivity (Wildman–Crippen MR) is 83.7 cm³/mol. The van der Waals surface area contributed by atoms with Crippen LogP contribution in [-0.4, -0.2) is 46.9 Å². The number of rotatable bonds is 3. The van der Waals surface area contributed by atoms with Crippen LogP contribution in [0.1, 0.15) is 24.8 Å². The summed E-state index contributed by atoms with van der Waals surface area (Å²) in [6, 6.07) is 9.46. The van der Waals surface area contributed by atoms with Gasteiger partial charge in [0, 0.05) is 19.5 Å². The monoisotopic (exact) mass is 318 g/mol. The summed E-state index contributed by atoms with van der Waals surface area (Å²) in [6.45, 7) is 0.707. The van der Waals surface area contributed by atoms with Crippen molar-refractivity contribution in [2.45, 2.75) is 32.0 Å². The molecule has 0 radical (unpaired) electrons. The van der Waals surface area contributed by atoms with Crippen molar-refractivity contribution in [1.82, 2.24) is 9.80 Å². The lowest BCUT2D eigenvalue weighted by molar-refractivity contribution is 0.0406. The van der Waals surface area contributed by atoms with Crippen LogP contribution in [-0.2, 0) is 11.3 Å². The summed E-state index contributed by atoms with van der Waals surface area (Å²) in [5, 5.41) is 9.42. The number of fused-ring (bicyclic) bond motifs is 1. The molecule has 1 saturated heterocycles. The first-order valence-electron chi connectivity index (χ1n) is 8.01. The summed E-state index contributed by atoms with van der Waals surface area (Å²) in [6.07, 6.45) is 1.26. The first kappa shape index (κ1) is 15.6. The quantitative estimate of drug-likeness (QED) is 0.930. The number of hydrogen-bond acceptors (Lipinski definition) is 3. The number of carbonyl (C=O) groups excluding carboxylic acids is 1. The molecule has 0 bridgehead atoms. The molecule has 3 unspecified atom stereocenters. The number of hydrogen-bond donors (Lipinski definition) is 1. The number of carboxylic acid groups (broad SMARTS) is 1. The van der Waals surface area contributed by atoms with E-state index >= 15 is 0 Å². The molecular formula is C17H22N2O4. The fraction of sp³-hybridized carbons (Fsp3) is 0.529. The Kier molecular flexibility index (Phi) is 4.41. The third-order valence-corrected chi connectivity index (χ3v) is 4.99. The Hall–Kier alpha value is -2.24. The second kappa shape index (κ2) is 6.48. The molecule has 2 fully saturated rings. The minimum Gasteiger partial charge on any atom is -0.465 e. The van der Waals surface area contributed by atoms with Gasteiger partial charge in [-0.3, -0.25) is 9.80 Å². The van der Waals surface area contributed by atoms with Gasteiger partial charge >= 0.3 is 12.2 Å². The van der Waals surface area contributed by atoms with Gasteiger partial charge in [0.05, 0.1) is 0 Å². The molecule has 0 spiro atoms. The smallest absolute Gasteiger partial charge is 0.411 e. The van der Waals surface area contributed by atoms with Crippen LogP contribution >= 0.6 is 0 Å². The minimum atomic E-state index is -0.966. The van der Waals surface area contributed by atoms with E-state index in [2.05, 4.69) is 0 Å². The fourth-order valence-electron chi connectivity index (χ4n) is 3.89. The van der Waals surface area contributed by atoms with Crippen molar-refractivity contribution in [3.63, 3.8) is 0 Å². The molecular weight excluding hydrogens is 296 g/mol. The second-order valence-corrected chi connectivity index (χ2v) is 6.35. The number of amides is 2. The summed E-state index contributed by atoms with van der Waals surface area (Å²) in [5.41, 5.74) is 0.912. The molecule has 23 heavy (non-hydrogen) atoms. The maximum Gasteiger partial charge on any atom is 0.411 e. The molecule has 3 atom stereocenters. The van der Waals surface area contributed by atoms with E-state index in [9.17, 15) is 14.7 Å². The number of likely N-dealkylation sites (tertiary alicyclic amines) is 1. The van der Waals surface area contributed by atoms with E-state index in [0.717, 1.165) is 24.8 Å². The Morgan fingerprint density at radius 2 is 2.04 bits per heavy atom. The van der Waals surface area contributed by atoms with E-state index in [-0.39, 0.29) is 12.5 Å². The molecule has 1 N–H and O–H groups in total. The van der Waals surface area contributed by atoms with E-state index in [1.54, 1.807) is 7.05 Å². The molecule has 1 saturated carbocycles. The molecule has 1 heterocycles. The Balaban J connectivity index is 1.66. The fourth-order valence-corrected chi connectivity index (χ4v) is 3.89. The summed E-state index contributed by atoms with van der Waals surface area (Å²) in [5.74, 6) is 0.584. The molecule has 2 aliphatic rings. The average Bonchev–Trinajstić information content (AvgIpc) is 3.13. The van der Waals surface area contributed by atoms with Gasteiger partial charge in [0.25, 0.3) is 0 Å². The summed E-state index contributed by atoms with van der Waals surface area (Å²) >= 11 is 0. The molecule has 6 heteroatoms. The van der Waals surface area contributed by atoms with E-state index in [0.29, 0.717) is 12.5 Å². The molecule has 124 valence electrons. The number of nitrogens with zero attached hydrogens (tertiary/aromatic N) is 2. The molecule has 1 aliphatic heterocycles. The maximum absolute atomic E-state index is 12.3. The van der Waals surface area contributed by atoms with Crippen LogP contribution in [0.25, 0.3) is 0 Å². The van der Waals surface area contributed by atoms with Crippen molar-refractivity contribution in [3.05, 3.63) is 35.9 Å². The zero-order chi connectivity index (χ0) is 16.4. The zero-order valence-electron chi connectivity index (χ0n) is 13.2. The Labute approximate surface area is 135 Å². The molecule has 3 rings (SSSR count). The van der Waals surface area contributed by atoms with Crippen LogP contribution in [0.3, 0.4) is 0 Å². The van der Waals surface area contributed by atoms with Crippen LogP contribution in [0, 0.1) is 11.8 Å². The van der Waals surface area contributed by atoms with Gasteiger partial charge in [-0.05, 0) is 24.3 Å². The van der Waals surface area contributed by atoms with Gasteiger partial charge in [0.1, 0.15) is 12.8 Å². The van der Waals surface area contributed by atoms with Crippen molar-refractivity contribution in [2.24, 2.45) is 11.8 Å². The van der Waals surface area contributed by atoms with Crippen LogP contribution in [0.5, 0.6) is 0 Å². The van der Waals surface area contributed by atoms with Crippen molar-refractivity contribution < 1.29 is 19.4 Å². The van der Waals surface area contributed by atoms with E-state index in [4.69, 9.17) is 4.74 Å². The van der Waals surface area contributed by atoms with Crippen LogP contribution < -0.4 is 0 Å². The third-order valence-electron chi connectivity index (χ3n) is 4.99. The second-order valence-electron chi connectivity index (χ2n) is 6.35. The predicted octanol–water partition coefficient (Wildman–Crippen LogP) is 2.99. The largest absolute Gasteiger partial charge is 0.465 e. The topological polar surface area (TPSA) is 70.1 Å².